The van der Waals surface area contributed by atoms with Gasteiger partial charge in [0.2, 0.25) is 0 Å². The normalized spacial score (nSPS) is 13.7. The topological polar surface area (TPSA) is 15.3 Å². The van der Waals surface area contributed by atoms with Gasteiger partial charge in [-0.3, -0.25) is 0 Å². The van der Waals surface area contributed by atoms with Crippen LogP contribution in [0, 0.1) is 0 Å². The number of hydrogen-bond acceptors (Lipinski definition) is 3. The van der Waals surface area contributed by atoms with Crippen molar-refractivity contribution in [3.63, 3.8) is 0 Å². The number of rotatable bonds is 8. The molecule has 2 nitrogen and oxygen atoms in total. The molecule has 0 saturated heterocycles. The fourth-order valence-electron chi connectivity index (χ4n) is 2.18. The molecule has 1 unspecified atom stereocenters. The van der Waals surface area contributed by atoms with Gasteiger partial charge in [0, 0.05) is 24.1 Å². The van der Waals surface area contributed by atoms with Crippen LogP contribution in [0.1, 0.15) is 44.9 Å². The molecule has 1 aromatic carbocycles. The smallest absolute Gasteiger partial charge is 0.0411 e. The largest absolute Gasteiger partial charge is 0.310 e. The Bertz CT molecular complexity index is 393. The lowest BCUT2D eigenvalue weighted by Gasteiger charge is -2.22. The fraction of sp³-hybridized carbons (Fsp3) is 0.667. The van der Waals surface area contributed by atoms with E-state index >= 15 is 0 Å². The molecule has 0 heterocycles. The minimum Gasteiger partial charge on any atom is -0.310 e. The lowest BCUT2D eigenvalue weighted by Crippen LogP contribution is -2.24. The van der Waals surface area contributed by atoms with E-state index in [1.54, 1.807) is 0 Å². The van der Waals surface area contributed by atoms with Gasteiger partial charge in [0.25, 0.3) is 0 Å². The summed E-state index contributed by atoms with van der Waals surface area (Å²) in [4.78, 5) is 2.24. The highest BCUT2D eigenvalue weighted by Gasteiger charge is 2.15. The lowest BCUT2D eigenvalue weighted by molar-refractivity contribution is 0.437. The van der Waals surface area contributed by atoms with Gasteiger partial charge < -0.3 is 10.2 Å². The summed E-state index contributed by atoms with van der Waals surface area (Å²) in [6.07, 6.45) is 0. The van der Waals surface area contributed by atoms with E-state index in [1.807, 2.05) is 11.8 Å². The first-order valence-corrected chi connectivity index (χ1v) is 9.06. The van der Waals surface area contributed by atoms with Crippen LogP contribution in [0.4, 0.5) is 0 Å². The lowest BCUT2D eigenvalue weighted by atomic mass is 9.86. The Labute approximate surface area is 135 Å². The van der Waals surface area contributed by atoms with Crippen molar-refractivity contribution in [3.8, 4) is 0 Å². The first-order chi connectivity index (χ1) is 9.84. The maximum absolute atomic E-state index is 3.61. The summed E-state index contributed by atoms with van der Waals surface area (Å²) in [5, 5.41) is 3.61. The monoisotopic (exact) mass is 308 g/mol. The molecule has 1 N–H and O–H groups in total. The van der Waals surface area contributed by atoms with Gasteiger partial charge >= 0.3 is 0 Å². The number of nitrogens with zero attached hydrogens (tertiary/aromatic N) is 1. The summed E-state index contributed by atoms with van der Waals surface area (Å²) in [5.41, 5.74) is 3.04. The molecular weight excluding hydrogens is 276 g/mol. The van der Waals surface area contributed by atoms with Gasteiger partial charge in [0.1, 0.15) is 0 Å². The van der Waals surface area contributed by atoms with Crippen molar-refractivity contribution in [3.05, 3.63) is 35.4 Å². The number of thioether (sulfide) groups is 1. The molecular formula is C18H32N2S. The highest BCUT2D eigenvalue weighted by molar-refractivity contribution is 7.99. The average molecular weight is 309 g/mol. The van der Waals surface area contributed by atoms with Crippen molar-refractivity contribution in [1.82, 2.24) is 10.2 Å². The van der Waals surface area contributed by atoms with E-state index in [0.29, 0.717) is 6.04 Å². The Balaban J connectivity index is 2.63. The van der Waals surface area contributed by atoms with Crippen LogP contribution in [0.25, 0.3) is 0 Å². The minimum atomic E-state index is 0.229. The molecule has 120 valence electrons. The highest BCUT2D eigenvalue weighted by Crippen LogP contribution is 2.25. The SMILES string of the molecule is CCNC(CSCCN(C)C)c1ccc(C(C)(C)C)cc1. The molecule has 0 bridgehead atoms. The van der Waals surface area contributed by atoms with Gasteiger partial charge in [0.15, 0.2) is 0 Å². The molecule has 0 saturated carbocycles. The molecule has 1 rings (SSSR count). The Kier molecular flexibility index (Phi) is 7.78. The quantitative estimate of drug-likeness (QED) is 0.733. The standard InChI is InChI=1S/C18H32N2S/c1-7-19-17(14-21-13-12-20(5)6)15-8-10-16(11-9-15)18(2,3)4/h8-11,17,19H,7,12-14H2,1-6H3. The first kappa shape index (κ1) is 18.5. The third-order valence-electron chi connectivity index (χ3n) is 3.60. The molecule has 0 radical (unpaired) electrons. The van der Waals surface area contributed by atoms with Crippen LogP contribution in [0.3, 0.4) is 0 Å². The molecule has 0 aromatic heterocycles. The molecule has 1 atom stereocenters. The second kappa shape index (κ2) is 8.82. The van der Waals surface area contributed by atoms with Crippen LogP contribution in [0.2, 0.25) is 0 Å². The van der Waals surface area contributed by atoms with Crippen LogP contribution in [0.5, 0.6) is 0 Å². The van der Waals surface area contributed by atoms with Crippen LogP contribution in [-0.4, -0.2) is 43.6 Å². The summed E-state index contributed by atoms with van der Waals surface area (Å²) in [5.74, 6) is 2.32. The van der Waals surface area contributed by atoms with E-state index < -0.39 is 0 Å². The van der Waals surface area contributed by atoms with E-state index in [2.05, 4.69) is 76.3 Å². The summed E-state index contributed by atoms with van der Waals surface area (Å²) in [7, 11) is 4.26. The van der Waals surface area contributed by atoms with E-state index in [1.165, 1.54) is 16.9 Å². The van der Waals surface area contributed by atoms with E-state index in [-0.39, 0.29) is 5.41 Å². The number of nitrogens with one attached hydrogen (secondary N) is 1. The van der Waals surface area contributed by atoms with Crippen molar-refractivity contribution in [2.45, 2.75) is 39.2 Å². The third kappa shape index (κ3) is 6.86. The van der Waals surface area contributed by atoms with E-state index in [9.17, 15) is 0 Å². The van der Waals surface area contributed by atoms with Gasteiger partial charge in [-0.2, -0.15) is 11.8 Å². The first-order valence-electron chi connectivity index (χ1n) is 7.91. The second-order valence-electron chi connectivity index (χ2n) is 6.86. The zero-order chi connectivity index (χ0) is 15.9. The van der Waals surface area contributed by atoms with Gasteiger partial charge in [-0.05, 0) is 37.2 Å². The molecule has 0 aliphatic rings. The molecule has 21 heavy (non-hydrogen) atoms. The van der Waals surface area contributed by atoms with Crippen molar-refractivity contribution >= 4 is 11.8 Å². The number of benzene rings is 1. The Morgan fingerprint density at radius 3 is 2.24 bits per heavy atom. The number of hydrogen-bond donors (Lipinski definition) is 1. The highest BCUT2D eigenvalue weighted by atomic mass is 32.2. The summed E-state index contributed by atoms with van der Waals surface area (Å²) in [6.45, 7) is 11.1. The molecule has 3 heteroatoms. The maximum atomic E-state index is 3.61. The molecule has 0 amide bonds. The fourth-order valence-corrected chi connectivity index (χ4v) is 3.39. The molecule has 0 spiro atoms. The zero-order valence-electron chi connectivity index (χ0n) is 14.6. The van der Waals surface area contributed by atoms with Gasteiger partial charge in [0.05, 0.1) is 0 Å². The minimum absolute atomic E-state index is 0.229. The van der Waals surface area contributed by atoms with Gasteiger partial charge in [-0.1, -0.05) is 52.0 Å². The predicted molar refractivity (Wildman–Crippen MR) is 97.4 cm³/mol. The van der Waals surface area contributed by atoms with Crippen molar-refractivity contribution in [2.75, 3.05) is 38.7 Å². The van der Waals surface area contributed by atoms with E-state index in [0.717, 1.165) is 18.8 Å². The van der Waals surface area contributed by atoms with Gasteiger partial charge in [-0.15, -0.1) is 0 Å². The van der Waals surface area contributed by atoms with Crippen LogP contribution in [0.15, 0.2) is 24.3 Å². The van der Waals surface area contributed by atoms with Crippen molar-refractivity contribution in [1.29, 1.82) is 0 Å². The average Bonchev–Trinajstić information content (AvgIpc) is 2.41. The Morgan fingerprint density at radius 2 is 1.76 bits per heavy atom. The predicted octanol–water partition coefficient (Wildman–Crippen LogP) is 3.93. The maximum Gasteiger partial charge on any atom is 0.0411 e. The third-order valence-corrected chi connectivity index (χ3v) is 4.64. The Hall–Kier alpha value is -0.510. The van der Waals surface area contributed by atoms with E-state index in [4.69, 9.17) is 0 Å². The van der Waals surface area contributed by atoms with Gasteiger partial charge in [-0.25, -0.2) is 0 Å². The summed E-state index contributed by atoms with van der Waals surface area (Å²) in [6, 6.07) is 9.60. The van der Waals surface area contributed by atoms with Crippen LogP contribution < -0.4 is 5.32 Å². The Morgan fingerprint density at radius 1 is 1.14 bits per heavy atom. The van der Waals surface area contributed by atoms with Crippen LogP contribution in [-0.2, 0) is 5.41 Å². The molecule has 0 aliphatic heterocycles. The molecule has 1 aromatic rings. The summed E-state index contributed by atoms with van der Waals surface area (Å²) >= 11 is 2.03. The van der Waals surface area contributed by atoms with Crippen molar-refractivity contribution < 1.29 is 0 Å². The molecule has 0 aliphatic carbocycles. The summed E-state index contributed by atoms with van der Waals surface area (Å²) < 4.78 is 0. The zero-order valence-corrected chi connectivity index (χ0v) is 15.4. The van der Waals surface area contributed by atoms with Crippen LogP contribution >= 0.6 is 11.8 Å². The van der Waals surface area contributed by atoms with Crippen molar-refractivity contribution in [2.24, 2.45) is 0 Å². The molecule has 0 fully saturated rings. The second-order valence-corrected chi connectivity index (χ2v) is 8.01.